The fraction of sp³-hybridized carbons (Fsp3) is 0.611. The van der Waals surface area contributed by atoms with Crippen LogP contribution in [-0.2, 0) is 9.47 Å². The van der Waals surface area contributed by atoms with Gasteiger partial charge in [0.25, 0.3) is 0 Å². The first-order chi connectivity index (χ1) is 22.5. The topological polar surface area (TPSA) is 44.2 Å². The minimum Gasteiger partial charge on any atom is -0.378 e. The van der Waals surface area contributed by atoms with Gasteiger partial charge >= 0.3 is 0 Å². The molecule has 250 valence electrons. The second kappa shape index (κ2) is 17.3. The fourth-order valence-electron chi connectivity index (χ4n) is 7.23. The van der Waals surface area contributed by atoms with E-state index in [1.54, 1.807) is 0 Å². The highest BCUT2D eigenvalue weighted by atomic mass is 33.1. The third kappa shape index (κ3) is 9.08. The average molecular weight is 729 g/mol. The highest BCUT2D eigenvalue weighted by Gasteiger charge is 2.35. The summed E-state index contributed by atoms with van der Waals surface area (Å²) < 4.78 is 16.8. The Kier molecular flexibility index (Phi) is 13.2. The van der Waals surface area contributed by atoms with Crippen molar-refractivity contribution in [3.63, 3.8) is 0 Å². The number of ether oxygens (including phenoxy) is 2. The number of hydrogen-bond donors (Lipinski definition) is 0. The molecule has 2 aromatic heterocycles. The molecule has 2 fully saturated rings. The van der Waals surface area contributed by atoms with E-state index in [0.717, 1.165) is 22.5 Å². The van der Waals surface area contributed by atoms with Crippen molar-refractivity contribution in [3.05, 3.63) is 58.5 Å². The Hall–Kier alpha value is -0.726. The lowest BCUT2D eigenvalue weighted by Crippen LogP contribution is -2.39. The summed E-state index contributed by atoms with van der Waals surface area (Å²) in [4.78, 5) is 10.5. The molecule has 0 radical (unpaired) electrons. The van der Waals surface area contributed by atoms with E-state index in [1.807, 2.05) is 44.3 Å². The highest BCUT2D eigenvalue weighted by molar-refractivity contribution is 8.76. The first-order valence-corrected chi connectivity index (χ1v) is 27.8. The van der Waals surface area contributed by atoms with Gasteiger partial charge in [-0.15, -0.1) is 22.7 Å². The molecule has 46 heavy (non-hydrogen) atoms. The van der Waals surface area contributed by atoms with E-state index in [1.165, 1.54) is 83.6 Å². The van der Waals surface area contributed by atoms with Crippen LogP contribution in [0.25, 0.3) is 20.4 Å². The van der Waals surface area contributed by atoms with E-state index in [4.69, 9.17) is 19.4 Å². The maximum Gasteiger partial charge on any atom is 0.100 e. The predicted molar refractivity (Wildman–Crippen MR) is 211 cm³/mol. The number of para-hydroxylation sites is 2. The average Bonchev–Trinajstić information content (AvgIpc) is 3.70. The van der Waals surface area contributed by atoms with Gasteiger partial charge in [0.1, 0.15) is 10.0 Å². The predicted octanol–water partition coefficient (Wildman–Crippen LogP) is 10.6. The molecule has 0 N–H and O–H groups in total. The molecule has 4 nitrogen and oxygen atoms in total. The molecule has 4 atom stereocenters. The van der Waals surface area contributed by atoms with Crippen LogP contribution < -0.4 is 0 Å². The number of rotatable bonds is 15. The zero-order valence-corrected chi connectivity index (χ0v) is 33.6. The summed E-state index contributed by atoms with van der Waals surface area (Å²) in [5.74, 6) is 2.73. The quantitative estimate of drug-likeness (QED) is 0.0690. The van der Waals surface area contributed by atoms with Gasteiger partial charge in [0.2, 0.25) is 0 Å². The molecule has 0 aliphatic heterocycles. The van der Waals surface area contributed by atoms with Crippen LogP contribution in [0.1, 0.15) is 86.1 Å². The summed E-state index contributed by atoms with van der Waals surface area (Å²) in [5, 5.41) is 2.54. The molecule has 0 bridgehead atoms. The molecule has 0 amide bonds. The van der Waals surface area contributed by atoms with E-state index < -0.39 is 17.6 Å². The van der Waals surface area contributed by atoms with Crippen molar-refractivity contribution in [1.29, 1.82) is 0 Å². The molecule has 6 rings (SSSR count). The normalized spacial score (nSPS) is 19.7. The molecule has 2 aliphatic rings. The Morgan fingerprint density at radius 3 is 1.39 bits per heavy atom. The summed E-state index contributed by atoms with van der Waals surface area (Å²) in [7, 11) is 1.84. The largest absolute Gasteiger partial charge is 0.378 e. The van der Waals surface area contributed by atoms with Gasteiger partial charge in [-0.25, -0.2) is 9.97 Å². The van der Waals surface area contributed by atoms with Crippen molar-refractivity contribution in [2.45, 2.75) is 126 Å². The molecule has 2 heterocycles. The van der Waals surface area contributed by atoms with Gasteiger partial charge in [0, 0.05) is 23.3 Å². The van der Waals surface area contributed by atoms with Crippen LogP contribution in [0.4, 0.5) is 0 Å². The molecule has 4 unspecified atom stereocenters. The molecule has 2 saturated carbocycles. The van der Waals surface area contributed by atoms with Crippen LogP contribution in [0.15, 0.2) is 48.5 Å². The summed E-state index contributed by atoms with van der Waals surface area (Å²) in [6.07, 6.45) is 13.7. The molecule has 2 aromatic carbocycles. The van der Waals surface area contributed by atoms with Crippen molar-refractivity contribution < 1.29 is 9.47 Å². The third-order valence-electron chi connectivity index (χ3n) is 9.74. The van der Waals surface area contributed by atoms with Gasteiger partial charge in [-0.05, 0) is 49.9 Å². The highest BCUT2D eigenvalue weighted by Crippen LogP contribution is 2.42. The summed E-state index contributed by atoms with van der Waals surface area (Å²) in [5.41, 5.74) is 2.88. The minimum absolute atomic E-state index is 0.308. The molecular formula is C36H52N2O2S4Si2. The van der Waals surface area contributed by atoms with Crippen LogP contribution in [0.2, 0.25) is 26.2 Å². The fourth-order valence-corrected chi connectivity index (χ4v) is 16.5. The Labute approximate surface area is 295 Å². The first kappa shape index (κ1) is 35.1. The summed E-state index contributed by atoms with van der Waals surface area (Å²) in [6.45, 7) is 9.93. The molecule has 10 heteroatoms. The number of benzene rings is 2. The lowest BCUT2D eigenvalue weighted by molar-refractivity contribution is -0.00331. The number of aromatic nitrogens is 2. The molecule has 0 saturated heterocycles. The van der Waals surface area contributed by atoms with E-state index >= 15 is 0 Å². The van der Waals surface area contributed by atoms with E-state index in [0.29, 0.717) is 35.5 Å². The van der Waals surface area contributed by atoms with E-state index in [-0.39, 0.29) is 0 Å². The molecular weight excluding hydrogens is 677 g/mol. The van der Waals surface area contributed by atoms with E-state index in [9.17, 15) is 0 Å². The molecule has 4 aromatic rings. The van der Waals surface area contributed by atoms with E-state index in [2.05, 4.69) is 74.7 Å². The van der Waals surface area contributed by atoms with Crippen molar-refractivity contribution >= 4 is 82.3 Å². The molecule has 0 spiro atoms. The van der Waals surface area contributed by atoms with Gasteiger partial charge in [0.15, 0.2) is 0 Å². The van der Waals surface area contributed by atoms with Crippen molar-refractivity contribution in [1.82, 2.24) is 9.97 Å². The van der Waals surface area contributed by atoms with Gasteiger partial charge in [-0.1, -0.05) is 111 Å². The second-order valence-corrected chi connectivity index (χ2v) is 25.0. The van der Waals surface area contributed by atoms with Crippen LogP contribution in [0.5, 0.6) is 0 Å². The number of hydrogen-bond acceptors (Lipinski definition) is 8. The Bertz CT molecular complexity index is 1320. The van der Waals surface area contributed by atoms with Crippen molar-refractivity contribution in [2.24, 2.45) is 0 Å². The monoisotopic (exact) mass is 728 g/mol. The lowest BCUT2D eigenvalue weighted by atomic mass is 9.98. The summed E-state index contributed by atoms with van der Waals surface area (Å²) >= 11 is 3.78. The van der Waals surface area contributed by atoms with Gasteiger partial charge in [-0.3, -0.25) is 0 Å². The number of nitrogens with zero attached hydrogens (tertiary/aromatic N) is 2. The van der Waals surface area contributed by atoms with Gasteiger partial charge < -0.3 is 9.47 Å². The number of fused-ring (bicyclic) bond motifs is 2. The first-order valence-electron chi connectivity index (χ1n) is 17.7. The van der Waals surface area contributed by atoms with Crippen LogP contribution >= 0.6 is 44.3 Å². The summed E-state index contributed by atoms with van der Waals surface area (Å²) in [6, 6.07) is 17.3. The van der Waals surface area contributed by atoms with Gasteiger partial charge in [-0.2, -0.15) is 0 Å². The van der Waals surface area contributed by atoms with Crippen LogP contribution in [0, 0.1) is 0 Å². The Morgan fingerprint density at radius 1 is 0.630 bits per heavy atom. The lowest BCUT2D eigenvalue weighted by Gasteiger charge is -2.34. The third-order valence-corrected chi connectivity index (χ3v) is 18.4. The smallest absolute Gasteiger partial charge is 0.100 e. The second-order valence-electron chi connectivity index (χ2n) is 14.0. The van der Waals surface area contributed by atoms with Crippen LogP contribution in [-0.4, -0.2) is 62.7 Å². The van der Waals surface area contributed by atoms with Crippen molar-refractivity contribution in [3.8, 4) is 0 Å². The Balaban J connectivity index is 1.21. The van der Waals surface area contributed by atoms with Gasteiger partial charge in [0.05, 0.1) is 61.7 Å². The molecule has 2 aliphatic carbocycles. The Morgan fingerprint density at radius 2 is 1.02 bits per heavy atom. The maximum atomic E-state index is 7.08. The minimum atomic E-state index is -1.12. The zero-order chi connectivity index (χ0) is 31.9. The maximum absolute atomic E-state index is 7.08. The number of thiazole rings is 2. The van der Waals surface area contributed by atoms with Crippen LogP contribution in [0.3, 0.4) is 0 Å². The standard InChI is InChI=1S/C36H52N2O2S4Si2/c1-45(2)35(39-25-15-7-5-8-16-25)27(33-37-29-19-11-13-21-31(29)43-33)23-41-42-24-28(34-38-30-20-12-14-22-32(30)44-34)36(46(3)4)40-26-17-9-6-10-18-26/h11-14,19-22,25-28,35-36,45-46H,5-10,15-18,23-24H2,1-4H3. The zero-order valence-electron chi connectivity index (χ0n) is 28.1. The van der Waals surface area contributed by atoms with Crippen molar-refractivity contribution in [2.75, 3.05) is 11.5 Å². The SMILES string of the molecule is C[SiH](C)C(OC1CCCCC1)C(CSSCC(c1nc2ccccc2s1)C(OC1CCCCC1)[SiH](C)C)c1nc2ccccc2s1.